The van der Waals surface area contributed by atoms with Gasteiger partial charge in [-0.25, -0.2) is 9.37 Å². The fourth-order valence-corrected chi connectivity index (χ4v) is 6.06. The highest BCUT2D eigenvalue weighted by molar-refractivity contribution is 6.35. The van der Waals surface area contributed by atoms with E-state index in [4.69, 9.17) is 21.6 Å². The van der Waals surface area contributed by atoms with Crippen LogP contribution in [0.2, 0.25) is 5.02 Å². The third-order valence-corrected chi connectivity index (χ3v) is 8.33. The van der Waals surface area contributed by atoms with Crippen molar-refractivity contribution in [2.75, 3.05) is 50.1 Å². The first-order valence-electron chi connectivity index (χ1n) is 12.7. The summed E-state index contributed by atoms with van der Waals surface area (Å²) in [6.07, 6.45) is 1.05. The van der Waals surface area contributed by atoms with E-state index in [1.165, 1.54) is 0 Å². The monoisotopic (exact) mass is 518 g/mol. The molecule has 1 aromatic heterocycles. The standard InChI is InChI=1S/C28H28ClFN6O/c1-34(2)16-13-35(14-16)28-32-26-20(27(33-28)36-8-7-31-22-12-23(22)36)11-21(29)24(25(26)30)19-10-17(37)9-15-5-3-4-6-18(15)19/h3-6,9-11,16,22-23,31,37H,7-8,12-14H2,1-2H3/t22-,23+/m1/s1. The largest absolute Gasteiger partial charge is 0.508 e. The van der Waals surface area contributed by atoms with Gasteiger partial charge in [0.05, 0.1) is 5.02 Å². The van der Waals surface area contributed by atoms with Crippen molar-refractivity contribution >= 4 is 45.0 Å². The summed E-state index contributed by atoms with van der Waals surface area (Å²) in [6, 6.07) is 13.9. The highest BCUT2D eigenvalue weighted by Crippen LogP contribution is 2.44. The van der Waals surface area contributed by atoms with E-state index in [2.05, 4.69) is 34.1 Å². The van der Waals surface area contributed by atoms with Crippen LogP contribution in [0.25, 0.3) is 32.8 Å². The Morgan fingerprint density at radius 2 is 1.92 bits per heavy atom. The predicted octanol–water partition coefficient (Wildman–Crippen LogP) is 4.25. The number of benzene rings is 3. The second-order valence-electron chi connectivity index (χ2n) is 10.6. The van der Waals surface area contributed by atoms with Crippen LogP contribution in [-0.4, -0.2) is 78.4 Å². The van der Waals surface area contributed by atoms with Gasteiger partial charge in [-0.15, -0.1) is 0 Å². The fourth-order valence-electron chi connectivity index (χ4n) is 5.77. The molecule has 9 heteroatoms. The number of rotatable bonds is 4. The van der Waals surface area contributed by atoms with Crippen LogP contribution >= 0.6 is 11.6 Å². The smallest absolute Gasteiger partial charge is 0.228 e. The number of nitrogens with one attached hydrogen (secondary N) is 1. The average molecular weight is 519 g/mol. The van der Waals surface area contributed by atoms with E-state index in [0.717, 1.165) is 49.2 Å². The van der Waals surface area contributed by atoms with Crippen LogP contribution in [0.1, 0.15) is 6.42 Å². The van der Waals surface area contributed by atoms with E-state index < -0.39 is 5.82 Å². The van der Waals surface area contributed by atoms with Crippen LogP contribution < -0.4 is 15.1 Å². The summed E-state index contributed by atoms with van der Waals surface area (Å²) in [4.78, 5) is 16.4. The summed E-state index contributed by atoms with van der Waals surface area (Å²) in [6.45, 7) is 3.25. The number of anilines is 2. The molecule has 3 aromatic carbocycles. The van der Waals surface area contributed by atoms with Gasteiger partial charge < -0.3 is 25.1 Å². The second kappa shape index (κ2) is 8.41. The Labute approximate surface area is 219 Å². The SMILES string of the molecule is CN(C)C1CN(c2nc(N3CCN[C@@H]4C[C@@H]43)c3cc(Cl)c(-c4cc(O)cc5ccccc45)c(F)c3n2)C1. The van der Waals surface area contributed by atoms with Crippen molar-refractivity contribution < 1.29 is 9.50 Å². The maximum atomic E-state index is 16.6. The Hall–Kier alpha value is -3.20. The number of phenolic OH excluding ortho intramolecular Hbond substituents is 1. The number of aromatic hydroxyl groups is 1. The van der Waals surface area contributed by atoms with Crippen LogP contribution in [0.15, 0.2) is 42.5 Å². The van der Waals surface area contributed by atoms with E-state index in [0.29, 0.717) is 35.0 Å². The number of halogens is 2. The van der Waals surface area contributed by atoms with Gasteiger partial charge in [0.2, 0.25) is 5.95 Å². The van der Waals surface area contributed by atoms with Crippen molar-refractivity contribution in [2.24, 2.45) is 0 Å². The number of hydrogen-bond donors (Lipinski definition) is 2. The molecular weight excluding hydrogens is 491 g/mol. The van der Waals surface area contributed by atoms with E-state index in [-0.39, 0.29) is 21.9 Å². The van der Waals surface area contributed by atoms with Crippen LogP contribution in [0.4, 0.5) is 16.2 Å². The van der Waals surface area contributed by atoms with Crippen LogP contribution in [0.3, 0.4) is 0 Å². The summed E-state index contributed by atoms with van der Waals surface area (Å²) in [7, 11) is 4.13. The number of phenols is 1. The van der Waals surface area contributed by atoms with Crippen molar-refractivity contribution in [3.63, 3.8) is 0 Å². The molecule has 2 aliphatic heterocycles. The molecule has 2 saturated heterocycles. The Balaban J connectivity index is 1.44. The van der Waals surface area contributed by atoms with Gasteiger partial charge in [-0.05, 0) is 55.1 Å². The summed E-state index contributed by atoms with van der Waals surface area (Å²) in [5.74, 6) is 0.860. The lowest BCUT2D eigenvalue weighted by molar-refractivity contribution is 0.245. The van der Waals surface area contributed by atoms with E-state index in [9.17, 15) is 5.11 Å². The molecule has 3 aliphatic rings. The van der Waals surface area contributed by atoms with E-state index in [1.54, 1.807) is 18.2 Å². The molecule has 3 heterocycles. The zero-order valence-electron chi connectivity index (χ0n) is 20.7. The van der Waals surface area contributed by atoms with Crippen LogP contribution in [0.5, 0.6) is 5.75 Å². The van der Waals surface area contributed by atoms with Gasteiger partial charge in [0, 0.05) is 55.3 Å². The maximum Gasteiger partial charge on any atom is 0.228 e. The summed E-state index contributed by atoms with van der Waals surface area (Å²) < 4.78 is 16.6. The van der Waals surface area contributed by atoms with Gasteiger partial charge in [-0.3, -0.25) is 0 Å². The number of fused-ring (bicyclic) bond motifs is 3. The van der Waals surface area contributed by atoms with Gasteiger partial charge in [-0.2, -0.15) is 4.98 Å². The van der Waals surface area contributed by atoms with Gasteiger partial charge in [0.25, 0.3) is 0 Å². The number of likely N-dealkylation sites (N-methyl/N-ethyl adjacent to an activating group) is 1. The molecule has 3 fully saturated rings. The molecule has 0 spiro atoms. The highest BCUT2D eigenvalue weighted by Gasteiger charge is 2.45. The first-order valence-corrected chi connectivity index (χ1v) is 13.1. The summed E-state index contributed by atoms with van der Waals surface area (Å²) in [5.41, 5.74) is 1.05. The zero-order chi connectivity index (χ0) is 25.4. The normalized spacial score (nSPS) is 21.5. The molecule has 1 saturated carbocycles. The molecule has 0 amide bonds. The number of aromatic nitrogens is 2. The molecule has 4 aromatic rings. The lowest BCUT2D eigenvalue weighted by atomic mass is 9.96. The van der Waals surface area contributed by atoms with E-state index >= 15 is 4.39 Å². The summed E-state index contributed by atoms with van der Waals surface area (Å²) >= 11 is 6.82. The van der Waals surface area contributed by atoms with Crippen molar-refractivity contribution in [1.29, 1.82) is 0 Å². The molecule has 7 nitrogen and oxygen atoms in total. The Bertz CT molecular complexity index is 1560. The van der Waals surface area contributed by atoms with Gasteiger partial charge in [0.1, 0.15) is 17.1 Å². The fraction of sp³-hybridized carbons (Fsp3) is 0.357. The third-order valence-electron chi connectivity index (χ3n) is 8.03. The Morgan fingerprint density at radius 3 is 2.73 bits per heavy atom. The van der Waals surface area contributed by atoms with Gasteiger partial charge in [0.15, 0.2) is 5.82 Å². The molecule has 2 atom stereocenters. The Kier molecular flexibility index (Phi) is 5.22. The molecule has 0 unspecified atom stereocenters. The van der Waals surface area contributed by atoms with Gasteiger partial charge in [-0.1, -0.05) is 35.9 Å². The lowest BCUT2D eigenvalue weighted by Crippen LogP contribution is -2.58. The van der Waals surface area contributed by atoms with Crippen molar-refractivity contribution in [1.82, 2.24) is 20.2 Å². The predicted molar refractivity (Wildman–Crippen MR) is 146 cm³/mol. The molecule has 190 valence electrons. The molecule has 2 N–H and O–H groups in total. The lowest BCUT2D eigenvalue weighted by Gasteiger charge is -2.43. The number of hydrogen-bond acceptors (Lipinski definition) is 7. The first-order chi connectivity index (χ1) is 17.9. The minimum atomic E-state index is -0.490. The zero-order valence-corrected chi connectivity index (χ0v) is 21.5. The van der Waals surface area contributed by atoms with Crippen LogP contribution in [-0.2, 0) is 0 Å². The number of nitrogens with zero attached hydrogens (tertiary/aromatic N) is 5. The van der Waals surface area contributed by atoms with Crippen molar-refractivity contribution in [3.05, 3.63) is 53.3 Å². The maximum absolute atomic E-state index is 16.6. The molecule has 37 heavy (non-hydrogen) atoms. The molecule has 1 aliphatic carbocycles. The molecule has 7 rings (SSSR count). The quantitative estimate of drug-likeness (QED) is 0.418. The summed E-state index contributed by atoms with van der Waals surface area (Å²) in [5, 5.41) is 16.5. The minimum absolute atomic E-state index is 0.0595. The number of piperazine rings is 1. The van der Waals surface area contributed by atoms with Crippen LogP contribution in [0, 0.1) is 5.82 Å². The highest BCUT2D eigenvalue weighted by atomic mass is 35.5. The van der Waals surface area contributed by atoms with Gasteiger partial charge >= 0.3 is 0 Å². The average Bonchev–Trinajstić information content (AvgIpc) is 3.63. The Morgan fingerprint density at radius 1 is 1.11 bits per heavy atom. The molecule has 0 radical (unpaired) electrons. The topological polar surface area (TPSA) is 67.8 Å². The van der Waals surface area contributed by atoms with Crippen molar-refractivity contribution in [3.8, 4) is 16.9 Å². The molecule has 0 bridgehead atoms. The third kappa shape index (κ3) is 3.69. The second-order valence-corrected chi connectivity index (χ2v) is 11.0. The van der Waals surface area contributed by atoms with E-state index in [1.807, 2.05) is 24.3 Å². The first kappa shape index (κ1) is 23.0. The minimum Gasteiger partial charge on any atom is -0.508 e. The van der Waals surface area contributed by atoms with Crippen molar-refractivity contribution in [2.45, 2.75) is 24.5 Å². The molecular formula is C28H28ClFN6O.